The van der Waals surface area contributed by atoms with E-state index in [0.717, 1.165) is 5.56 Å². The van der Waals surface area contributed by atoms with E-state index in [2.05, 4.69) is 10.0 Å². The number of aromatic carboxylic acids is 1. The fourth-order valence-electron chi connectivity index (χ4n) is 2.68. The number of aryl methyl sites for hydroxylation is 1. The predicted molar refractivity (Wildman–Crippen MR) is 100 cm³/mol. The lowest BCUT2D eigenvalue weighted by Gasteiger charge is -2.11. The number of pyridine rings is 1. The summed E-state index contributed by atoms with van der Waals surface area (Å²) in [6, 6.07) is 5.48. The number of benzene rings is 1. The molecule has 0 spiro atoms. The van der Waals surface area contributed by atoms with Crippen LogP contribution in [0.15, 0.2) is 34.3 Å². The molecule has 0 fully saturated rings. The average molecular weight is 374 g/mol. The Morgan fingerprint density at radius 2 is 2.00 bits per heavy atom. The molecular formula is C18H22N4O5. The zero-order valence-corrected chi connectivity index (χ0v) is 15.1. The summed E-state index contributed by atoms with van der Waals surface area (Å²) < 4.78 is 12.5. The van der Waals surface area contributed by atoms with Crippen LogP contribution in [0.3, 0.4) is 0 Å². The van der Waals surface area contributed by atoms with E-state index in [0.29, 0.717) is 56.8 Å². The highest BCUT2D eigenvalue weighted by atomic mass is 16.5. The highest BCUT2D eigenvalue weighted by Gasteiger charge is 2.14. The molecule has 1 aromatic carbocycles. The molecule has 2 rings (SSSR count). The summed E-state index contributed by atoms with van der Waals surface area (Å²) in [5.41, 5.74) is 9.04. The molecule has 0 amide bonds. The van der Waals surface area contributed by atoms with Crippen molar-refractivity contribution in [3.05, 3.63) is 56.2 Å². The number of aromatic nitrogens is 1. The number of carboxylic acids is 1. The second kappa shape index (κ2) is 10.3. The quantitative estimate of drug-likeness (QED) is 0.280. The van der Waals surface area contributed by atoms with Gasteiger partial charge in [0, 0.05) is 29.6 Å². The van der Waals surface area contributed by atoms with Crippen molar-refractivity contribution < 1.29 is 19.4 Å². The van der Waals surface area contributed by atoms with Crippen LogP contribution in [-0.2, 0) is 22.4 Å². The maximum Gasteiger partial charge on any atom is 0.341 e. The SMILES string of the molecule is CCn1cc(C(=O)O)c(=O)c2cc(CCOCCOCCN=[N+]=[N-])ccc21. The Morgan fingerprint density at radius 1 is 1.26 bits per heavy atom. The lowest BCUT2D eigenvalue weighted by Crippen LogP contribution is -2.19. The molecule has 0 atom stereocenters. The van der Waals surface area contributed by atoms with E-state index < -0.39 is 11.4 Å². The molecule has 0 aliphatic heterocycles. The molecule has 1 N–H and O–H groups in total. The smallest absolute Gasteiger partial charge is 0.341 e. The van der Waals surface area contributed by atoms with Gasteiger partial charge in [0.1, 0.15) is 5.56 Å². The van der Waals surface area contributed by atoms with E-state index in [1.807, 2.05) is 19.1 Å². The summed E-state index contributed by atoms with van der Waals surface area (Å²) >= 11 is 0. The highest BCUT2D eigenvalue weighted by Crippen LogP contribution is 2.15. The molecule has 2 aromatic rings. The maximum absolute atomic E-state index is 12.4. The molecule has 0 unspecified atom stereocenters. The Morgan fingerprint density at radius 3 is 2.67 bits per heavy atom. The zero-order chi connectivity index (χ0) is 19.6. The molecule has 1 heterocycles. The van der Waals surface area contributed by atoms with Gasteiger partial charge in [0.15, 0.2) is 0 Å². The molecule has 0 aliphatic carbocycles. The molecule has 1 aromatic heterocycles. The lowest BCUT2D eigenvalue weighted by atomic mass is 10.1. The molecular weight excluding hydrogens is 352 g/mol. The van der Waals surface area contributed by atoms with Gasteiger partial charge in [-0.15, -0.1) is 0 Å². The number of carboxylic acid groups (broad SMARTS) is 1. The first-order chi connectivity index (χ1) is 13.1. The maximum atomic E-state index is 12.4. The Labute approximate surface area is 155 Å². The topological polar surface area (TPSA) is 127 Å². The first-order valence-electron chi connectivity index (χ1n) is 8.64. The molecule has 27 heavy (non-hydrogen) atoms. The largest absolute Gasteiger partial charge is 0.477 e. The number of carbonyl (C=O) groups is 1. The van der Waals surface area contributed by atoms with Crippen LogP contribution in [0.4, 0.5) is 0 Å². The van der Waals surface area contributed by atoms with Crippen LogP contribution in [0, 0.1) is 0 Å². The minimum absolute atomic E-state index is 0.226. The second-order valence-corrected chi connectivity index (χ2v) is 5.74. The van der Waals surface area contributed by atoms with Crippen LogP contribution in [0.2, 0.25) is 0 Å². The summed E-state index contributed by atoms with van der Waals surface area (Å²) in [5.74, 6) is -1.22. The van der Waals surface area contributed by atoms with Crippen LogP contribution in [0.5, 0.6) is 0 Å². The zero-order valence-electron chi connectivity index (χ0n) is 15.1. The number of ether oxygens (including phenoxy) is 2. The van der Waals surface area contributed by atoms with E-state index in [1.54, 1.807) is 10.6 Å². The highest BCUT2D eigenvalue weighted by molar-refractivity contribution is 5.92. The Kier molecular flexibility index (Phi) is 7.81. The first kappa shape index (κ1) is 20.4. The number of fused-ring (bicyclic) bond motifs is 1. The Bertz CT molecular complexity index is 902. The summed E-state index contributed by atoms with van der Waals surface area (Å²) in [7, 11) is 0. The third kappa shape index (κ3) is 5.55. The van der Waals surface area contributed by atoms with Crippen molar-refractivity contribution in [2.75, 3.05) is 33.0 Å². The van der Waals surface area contributed by atoms with Gasteiger partial charge >= 0.3 is 5.97 Å². The van der Waals surface area contributed by atoms with E-state index in [-0.39, 0.29) is 5.56 Å². The Hall–Kier alpha value is -2.87. The molecule has 0 radical (unpaired) electrons. The van der Waals surface area contributed by atoms with Crippen molar-refractivity contribution in [3.63, 3.8) is 0 Å². The van der Waals surface area contributed by atoms with Crippen molar-refractivity contribution in [1.82, 2.24) is 4.57 Å². The normalized spacial score (nSPS) is 10.7. The van der Waals surface area contributed by atoms with Crippen LogP contribution >= 0.6 is 0 Å². The third-order valence-electron chi connectivity index (χ3n) is 4.02. The van der Waals surface area contributed by atoms with Gasteiger partial charge in [-0.3, -0.25) is 4.79 Å². The van der Waals surface area contributed by atoms with Gasteiger partial charge < -0.3 is 19.1 Å². The molecule has 0 aliphatic rings. The third-order valence-corrected chi connectivity index (χ3v) is 4.02. The molecule has 9 nitrogen and oxygen atoms in total. The fraction of sp³-hybridized carbons (Fsp3) is 0.444. The number of nitrogens with zero attached hydrogens (tertiary/aromatic N) is 4. The van der Waals surface area contributed by atoms with E-state index in [9.17, 15) is 14.7 Å². The number of hydrogen-bond donors (Lipinski definition) is 1. The first-order valence-corrected chi connectivity index (χ1v) is 8.64. The van der Waals surface area contributed by atoms with Gasteiger partial charge in [-0.25, -0.2) is 4.79 Å². The molecule has 9 heteroatoms. The van der Waals surface area contributed by atoms with Gasteiger partial charge in [-0.1, -0.05) is 11.2 Å². The van der Waals surface area contributed by atoms with Crippen molar-refractivity contribution >= 4 is 16.9 Å². The molecule has 0 saturated heterocycles. The fourth-order valence-corrected chi connectivity index (χ4v) is 2.68. The van der Waals surface area contributed by atoms with Crippen molar-refractivity contribution in [1.29, 1.82) is 0 Å². The summed E-state index contributed by atoms with van der Waals surface area (Å²) in [4.78, 5) is 26.4. The van der Waals surface area contributed by atoms with Crippen molar-refractivity contribution in [2.24, 2.45) is 5.11 Å². The number of hydrogen-bond acceptors (Lipinski definition) is 5. The van der Waals surface area contributed by atoms with Gasteiger partial charge in [-0.05, 0) is 36.6 Å². The van der Waals surface area contributed by atoms with E-state index >= 15 is 0 Å². The molecule has 144 valence electrons. The minimum atomic E-state index is -1.22. The summed E-state index contributed by atoms with van der Waals surface area (Å²) in [6.45, 7) is 4.38. The van der Waals surface area contributed by atoms with Gasteiger partial charge in [0.25, 0.3) is 0 Å². The van der Waals surface area contributed by atoms with E-state index in [1.165, 1.54) is 6.20 Å². The second-order valence-electron chi connectivity index (χ2n) is 5.74. The number of rotatable bonds is 11. The number of azide groups is 1. The van der Waals surface area contributed by atoms with Gasteiger partial charge in [0.2, 0.25) is 5.43 Å². The van der Waals surface area contributed by atoms with E-state index in [4.69, 9.17) is 15.0 Å². The van der Waals surface area contributed by atoms with Crippen molar-refractivity contribution in [2.45, 2.75) is 19.9 Å². The molecule has 0 saturated carbocycles. The van der Waals surface area contributed by atoms with Gasteiger partial charge in [0.05, 0.1) is 31.9 Å². The van der Waals surface area contributed by atoms with Crippen LogP contribution in [0.25, 0.3) is 21.3 Å². The molecule has 0 bridgehead atoms. The predicted octanol–water partition coefficient (Wildman–Crippen LogP) is 2.61. The monoisotopic (exact) mass is 374 g/mol. The Balaban J connectivity index is 1.97. The lowest BCUT2D eigenvalue weighted by molar-refractivity contribution is 0.0520. The summed E-state index contributed by atoms with van der Waals surface area (Å²) in [6.07, 6.45) is 1.98. The minimum Gasteiger partial charge on any atom is -0.477 e. The summed E-state index contributed by atoms with van der Waals surface area (Å²) in [5, 5.41) is 13.0. The van der Waals surface area contributed by atoms with Crippen LogP contribution in [0.1, 0.15) is 22.8 Å². The van der Waals surface area contributed by atoms with Crippen LogP contribution in [-0.4, -0.2) is 48.6 Å². The van der Waals surface area contributed by atoms with Crippen LogP contribution < -0.4 is 5.43 Å². The van der Waals surface area contributed by atoms with Gasteiger partial charge in [-0.2, -0.15) is 0 Å². The van der Waals surface area contributed by atoms with Crippen molar-refractivity contribution in [3.8, 4) is 0 Å². The standard InChI is InChI=1S/C18H22N4O5/c1-2-22-12-15(18(24)25)17(23)14-11-13(3-4-16(14)22)5-7-26-9-10-27-8-6-20-21-19/h3-4,11-12H,2,5-10H2,1H3,(H,24,25). The average Bonchev–Trinajstić information content (AvgIpc) is 2.67.